The molecule has 1 amide bonds. The first-order valence-electron chi connectivity index (χ1n) is 7.14. The minimum Gasteiger partial charge on any atom is -0.495 e. The highest BCUT2D eigenvalue weighted by Crippen LogP contribution is 2.27. The van der Waals surface area contributed by atoms with E-state index in [1.165, 1.54) is 7.11 Å². The highest BCUT2D eigenvalue weighted by Gasteiger charge is 2.14. The van der Waals surface area contributed by atoms with Crippen LogP contribution < -0.4 is 10.1 Å². The van der Waals surface area contributed by atoms with Crippen LogP contribution in [0, 0.1) is 13.8 Å². The molecule has 1 aromatic heterocycles. The van der Waals surface area contributed by atoms with Crippen LogP contribution in [-0.4, -0.2) is 18.8 Å². The van der Waals surface area contributed by atoms with Crippen molar-refractivity contribution in [3.63, 3.8) is 0 Å². The quantitative estimate of drug-likeness (QED) is 0.772. The lowest BCUT2D eigenvalue weighted by Gasteiger charge is -2.08. The first-order valence-corrected chi connectivity index (χ1v) is 8.33. The minimum absolute atomic E-state index is 0.00485. The highest BCUT2D eigenvalue weighted by molar-refractivity contribution is 7.12. The summed E-state index contributed by atoms with van der Waals surface area (Å²) in [6.07, 6.45) is 0.323. The van der Waals surface area contributed by atoms with E-state index in [1.54, 1.807) is 29.5 Å². The Morgan fingerprint density at radius 1 is 1.22 bits per heavy atom. The molecule has 0 fully saturated rings. The van der Waals surface area contributed by atoms with Gasteiger partial charge in [-0.05, 0) is 38.1 Å². The summed E-state index contributed by atoms with van der Waals surface area (Å²) in [4.78, 5) is 26.2. The van der Waals surface area contributed by atoms with Crippen LogP contribution in [-0.2, 0) is 4.79 Å². The predicted octanol–water partition coefficient (Wildman–Crippen LogP) is 4.63. The van der Waals surface area contributed by atoms with Gasteiger partial charge in [-0.2, -0.15) is 0 Å². The fourth-order valence-electron chi connectivity index (χ4n) is 2.24. The molecule has 0 radical (unpaired) electrons. The number of amides is 1. The first kappa shape index (κ1) is 17.5. The first-order chi connectivity index (χ1) is 10.9. The minimum atomic E-state index is -0.218. The number of ether oxygens (including phenoxy) is 1. The van der Waals surface area contributed by atoms with Crippen molar-refractivity contribution < 1.29 is 14.3 Å². The van der Waals surface area contributed by atoms with Gasteiger partial charge < -0.3 is 10.1 Å². The normalized spacial score (nSPS) is 10.4. The summed E-state index contributed by atoms with van der Waals surface area (Å²) in [7, 11) is 1.53. The van der Waals surface area contributed by atoms with Crippen LogP contribution in [0.15, 0.2) is 24.3 Å². The second kappa shape index (κ2) is 7.62. The van der Waals surface area contributed by atoms with Gasteiger partial charge in [0.1, 0.15) is 5.75 Å². The zero-order chi connectivity index (χ0) is 17.0. The van der Waals surface area contributed by atoms with Gasteiger partial charge in [0.15, 0.2) is 5.78 Å². The molecule has 2 aromatic rings. The van der Waals surface area contributed by atoms with E-state index >= 15 is 0 Å². The number of aryl methyl sites for hydroxylation is 2. The molecule has 0 aliphatic heterocycles. The third kappa shape index (κ3) is 4.56. The number of nitrogens with one attached hydrogen (secondary N) is 1. The zero-order valence-electron chi connectivity index (χ0n) is 13.2. The Balaban J connectivity index is 1.91. The van der Waals surface area contributed by atoms with Crippen LogP contribution in [0.3, 0.4) is 0 Å². The Kier molecular flexibility index (Phi) is 5.80. The molecule has 1 aromatic carbocycles. The molecule has 0 aliphatic rings. The fraction of sp³-hybridized carbons (Fsp3) is 0.294. The van der Waals surface area contributed by atoms with Crippen LogP contribution in [0.5, 0.6) is 5.75 Å². The molecule has 0 atom stereocenters. The number of carbonyl (C=O) groups excluding carboxylic acids is 2. The van der Waals surface area contributed by atoms with Crippen molar-refractivity contribution in [3.8, 4) is 5.75 Å². The number of halogens is 1. The second-order valence-corrected chi connectivity index (χ2v) is 7.02. The van der Waals surface area contributed by atoms with Crippen LogP contribution >= 0.6 is 22.9 Å². The number of thiophene rings is 1. The molecule has 6 heteroatoms. The lowest BCUT2D eigenvalue weighted by Crippen LogP contribution is -2.13. The molecule has 0 spiro atoms. The number of benzene rings is 1. The van der Waals surface area contributed by atoms with Crippen molar-refractivity contribution in [2.24, 2.45) is 0 Å². The van der Waals surface area contributed by atoms with Crippen molar-refractivity contribution >= 4 is 40.3 Å². The predicted molar refractivity (Wildman–Crippen MR) is 94.0 cm³/mol. The molecule has 122 valence electrons. The number of carbonyl (C=O) groups is 2. The topological polar surface area (TPSA) is 55.4 Å². The fourth-order valence-corrected chi connectivity index (χ4v) is 3.44. The summed E-state index contributed by atoms with van der Waals surface area (Å²) in [5.74, 6) is 0.321. The maximum atomic E-state index is 12.2. The van der Waals surface area contributed by atoms with Crippen molar-refractivity contribution in [1.82, 2.24) is 0 Å². The number of Topliss-reactive ketones (excluding diaryl/α,β-unsaturated/α-hetero) is 1. The highest BCUT2D eigenvalue weighted by atomic mass is 35.5. The second-order valence-electron chi connectivity index (χ2n) is 5.15. The number of hydrogen-bond acceptors (Lipinski definition) is 4. The van der Waals surface area contributed by atoms with Crippen LogP contribution in [0.25, 0.3) is 0 Å². The van der Waals surface area contributed by atoms with Crippen LogP contribution in [0.2, 0.25) is 5.02 Å². The Morgan fingerprint density at radius 2 is 1.96 bits per heavy atom. The Bertz CT molecular complexity index is 739. The molecule has 0 saturated carbocycles. The average Bonchev–Trinajstić information content (AvgIpc) is 2.84. The molecular formula is C17H18ClNO3S. The molecular weight excluding hydrogens is 334 g/mol. The monoisotopic (exact) mass is 351 g/mol. The van der Waals surface area contributed by atoms with Crippen LogP contribution in [0.1, 0.15) is 33.0 Å². The third-order valence-corrected chi connectivity index (χ3v) is 4.62. The van der Waals surface area contributed by atoms with Gasteiger partial charge >= 0.3 is 0 Å². The van der Waals surface area contributed by atoms with Gasteiger partial charge in [0.05, 0.1) is 12.1 Å². The standard InChI is InChI=1S/C17H18ClNO3S/c1-10-8-13(11(2)23-10)15(20)5-7-17(21)19-12-4-6-16(22-3)14(18)9-12/h4,6,8-9H,5,7H2,1-3H3,(H,19,21). The molecule has 0 unspecified atom stereocenters. The number of ketones is 1. The average molecular weight is 352 g/mol. The van der Waals surface area contributed by atoms with Crippen molar-refractivity contribution in [2.45, 2.75) is 26.7 Å². The summed E-state index contributed by atoms with van der Waals surface area (Å²) >= 11 is 7.60. The van der Waals surface area contributed by atoms with Crippen LogP contribution in [0.4, 0.5) is 5.69 Å². The Hall–Kier alpha value is -1.85. The van der Waals surface area contributed by atoms with Crippen molar-refractivity contribution in [3.05, 3.63) is 44.6 Å². The molecule has 0 saturated heterocycles. The largest absolute Gasteiger partial charge is 0.495 e. The Labute approximate surface area is 144 Å². The lowest BCUT2D eigenvalue weighted by atomic mass is 10.1. The van der Waals surface area contributed by atoms with E-state index in [-0.39, 0.29) is 24.5 Å². The SMILES string of the molecule is COc1ccc(NC(=O)CCC(=O)c2cc(C)sc2C)cc1Cl. The van der Waals surface area contributed by atoms with Gasteiger partial charge in [0.2, 0.25) is 5.91 Å². The molecule has 23 heavy (non-hydrogen) atoms. The van der Waals surface area contributed by atoms with Crippen molar-refractivity contribution in [2.75, 3.05) is 12.4 Å². The van der Waals surface area contributed by atoms with Gasteiger partial charge in [-0.25, -0.2) is 0 Å². The maximum Gasteiger partial charge on any atom is 0.224 e. The molecule has 2 rings (SSSR count). The van der Waals surface area contributed by atoms with E-state index in [1.807, 2.05) is 19.9 Å². The number of rotatable bonds is 6. The summed E-state index contributed by atoms with van der Waals surface area (Å²) in [5, 5.41) is 3.15. The summed E-state index contributed by atoms with van der Waals surface area (Å²) in [5.41, 5.74) is 1.29. The van der Waals surface area contributed by atoms with E-state index < -0.39 is 0 Å². The van der Waals surface area contributed by atoms with E-state index in [9.17, 15) is 9.59 Å². The summed E-state index contributed by atoms with van der Waals surface area (Å²) in [6.45, 7) is 3.89. The van der Waals surface area contributed by atoms with Gasteiger partial charge in [0.25, 0.3) is 0 Å². The molecule has 1 heterocycles. The van der Waals surface area contributed by atoms with Gasteiger partial charge in [0, 0.05) is 33.8 Å². The van der Waals surface area contributed by atoms with E-state index in [0.29, 0.717) is 22.0 Å². The molecule has 0 bridgehead atoms. The number of methoxy groups -OCH3 is 1. The van der Waals surface area contributed by atoms with E-state index in [2.05, 4.69) is 5.32 Å². The van der Waals surface area contributed by atoms with Gasteiger partial charge in [-0.1, -0.05) is 11.6 Å². The zero-order valence-corrected chi connectivity index (χ0v) is 14.8. The summed E-state index contributed by atoms with van der Waals surface area (Å²) < 4.78 is 5.06. The molecule has 0 aliphatic carbocycles. The summed E-state index contributed by atoms with van der Waals surface area (Å²) in [6, 6.07) is 6.88. The van der Waals surface area contributed by atoms with E-state index in [4.69, 9.17) is 16.3 Å². The smallest absolute Gasteiger partial charge is 0.224 e. The number of anilines is 1. The maximum absolute atomic E-state index is 12.2. The third-order valence-electron chi connectivity index (χ3n) is 3.36. The van der Waals surface area contributed by atoms with E-state index in [0.717, 1.165) is 9.75 Å². The lowest BCUT2D eigenvalue weighted by molar-refractivity contribution is -0.116. The molecule has 4 nitrogen and oxygen atoms in total. The Morgan fingerprint density at radius 3 is 2.52 bits per heavy atom. The van der Waals surface area contributed by atoms with Gasteiger partial charge in [-0.3, -0.25) is 9.59 Å². The van der Waals surface area contributed by atoms with Gasteiger partial charge in [-0.15, -0.1) is 11.3 Å². The molecule has 1 N–H and O–H groups in total. The van der Waals surface area contributed by atoms with Crippen molar-refractivity contribution in [1.29, 1.82) is 0 Å². The number of hydrogen-bond donors (Lipinski definition) is 1.